The Morgan fingerprint density at radius 3 is 2.26 bits per heavy atom. The molecule has 42 heavy (non-hydrogen) atoms. The van der Waals surface area contributed by atoms with Crippen LogP contribution in [0.4, 0.5) is 13.2 Å². The fraction of sp³-hybridized carbons (Fsp3) is 0.219. The Balaban J connectivity index is 1.32. The number of ketones is 1. The summed E-state index contributed by atoms with van der Waals surface area (Å²) in [6.07, 6.45) is -3.51. The second kappa shape index (κ2) is 13.7. The number of hydrogen-bond donors (Lipinski definition) is 2. The third-order valence-corrected chi connectivity index (χ3v) is 6.37. The topological polar surface area (TPSA) is 102 Å². The summed E-state index contributed by atoms with van der Waals surface area (Å²) in [6.45, 7) is 2.25. The average Bonchev–Trinajstić information content (AvgIpc) is 3.35. The van der Waals surface area contributed by atoms with Crippen LogP contribution in [0.2, 0.25) is 0 Å². The van der Waals surface area contributed by atoms with Crippen molar-refractivity contribution in [1.82, 2.24) is 10.3 Å². The molecule has 0 saturated carbocycles. The summed E-state index contributed by atoms with van der Waals surface area (Å²) in [4.78, 5) is 28.7. The summed E-state index contributed by atoms with van der Waals surface area (Å²) in [5.41, 5.74) is 0.844. The molecule has 0 aliphatic rings. The molecule has 0 amide bonds. The van der Waals surface area contributed by atoms with Crippen molar-refractivity contribution in [3.8, 4) is 17.2 Å². The molecule has 7 nitrogen and oxygen atoms in total. The number of aliphatic carboxylic acids is 1. The molecule has 3 aromatic carbocycles. The fourth-order valence-electron chi connectivity index (χ4n) is 4.16. The van der Waals surface area contributed by atoms with Gasteiger partial charge in [-0.2, -0.15) is 13.2 Å². The molecule has 4 aromatic rings. The molecule has 0 unspecified atom stereocenters. The van der Waals surface area contributed by atoms with E-state index in [1.54, 1.807) is 30.3 Å². The zero-order chi connectivity index (χ0) is 30.1. The van der Waals surface area contributed by atoms with E-state index in [0.717, 1.165) is 17.0 Å². The highest BCUT2D eigenvalue weighted by molar-refractivity contribution is 6.05. The maximum absolute atomic E-state index is 13.7. The molecule has 0 saturated heterocycles. The third kappa shape index (κ3) is 8.33. The van der Waals surface area contributed by atoms with Crippen LogP contribution in [0.3, 0.4) is 0 Å². The zero-order valence-corrected chi connectivity index (χ0v) is 22.7. The number of halogens is 3. The fourth-order valence-corrected chi connectivity index (χ4v) is 4.16. The van der Waals surface area contributed by atoms with Gasteiger partial charge in [-0.25, -0.2) is 9.78 Å². The van der Waals surface area contributed by atoms with E-state index >= 15 is 0 Å². The van der Waals surface area contributed by atoms with Crippen LogP contribution in [0.25, 0.3) is 11.5 Å². The van der Waals surface area contributed by atoms with E-state index in [9.17, 15) is 27.9 Å². The van der Waals surface area contributed by atoms with Gasteiger partial charge in [-0.1, -0.05) is 60.7 Å². The Morgan fingerprint density at radius 1 is 1.00 bits per heavy atom. The summed E-state index contributed by atoms with van der Waals surface area (Å²) in [5, 5.41) is 11.6. The monoisotopic (exact) mass is 578 g/mol. The van der Waals surface area contributed by atoms with Crippen molar-refractivity contribution >= 4 is 11.8 Å². The van der Waals surface area contributed by atoms with Crippen molar-refractivity contribution in [3.63, 3.8) is 0 Å². The van der Waals surface area contributed by atoms with E-state index in [2.05, 4.69) is 4.98 Å². The highest BCUT2D eigenvalue weighted by Crippen LogP contribution is 2.26. The molecule has 0 aliphatic heterocycles. The lowest BCUT2D eigenvalue weighted by Crippen LogP contribution is -2.42. The van der Waals surface area contributed by atoms with Crippen LogP contribution < -0.4 is 10.1 Å². The number of rotatable bonds is 13. The van der Waals surface area contributed by atoms with Crippen molar-refractivity contribution in [1.29, 1.82) is 0 Å². The number of aromatic nitrogens is 1. The Labute approximate surface area is 240 Å². The van der Waals surface area contributed by atoms with Gasteiger partial charge in [-0.3, -0.25) is 4.79 Å². The molecule has 0 aliphatic carbocycles. The second-order valence-corrected chi connectivity index (χ2v) is 9.51. The molecular weight excluding hydrogens is 549 g/mol. The molecule has 0 radical (unpaired) electrons. The van der Waals surface area contributed by atoms with E-state index in [1.807, 2.05) is 42.6 Å². The van der Waals surface area contributed by atoms with Crippen LogP contribution in [0.5, 0.6) is 5.75 Å². The molecule has 10 heteroatoms. The van der Waals surface area contributed by atoms with Crippen molar-refractivity contribution in [2.24, 2.45) is 0 Å². The zero-order valence-electron chi connectivity index (χ0n) is 22.7. The molecule has 4 rings (SSSR count). The molecule has 2 N–H and O–H groups in total. The number of alkyl halides is 3. The number of carboxylic acids is 1. The van der Waals surface area contributed by atoms with Gasteiger partial charge in [0.2, 0.25) is 5.89 Å². The SMILES string of the molecule is Cc1oc(-c2ccccc2)nc1CCCOc1ccc(C[C@H](NC(=CC(=O)c2ccccc2)C(F)(F)F)C(=O)O)cc1. The Bertz CT molecular complexity index is 1520. The van der Waals surface area contributed by atoms with Gasteiger partial charge in [0.05, 0.1) is 12.3 Å². The number of ether oxygens (including phenoxy) is 1. The lowest BCUT2D eigenvalue weighted by Gasteiger charge is -2.20. The van der Waals surface area contributed by atoms with Gasteiger partial charge in [0, 0.05) is 23.6 Å². The van der Waals surface area contributed by atoms with Crippen LogP contribution in [0.15, 0.2) is 101 Å². The van der Waals surface area contributed by atoms with Crippen LogP contribution >= 0.6 is 0 Å². The number of benzene rings is 3. The minimum Gasteiger partial charge on any atom is -0.494 e. The molecule has 0 spiro atoms. The highest BCUT2D eigenvalue weighted by atomic mass is 19.4. The lowest BCUT2D eigenvalue weighted by molar-refractivity contribution is -0.140. The number of hydrogen-bond acceptors (Lipinski definition) is 6. The molecule has 0 fully saturated rings. The number of carboxylic acid groups (broad SMARTS) is 1. The Hall–Kier alpha value is -4.86. The highest BCUT2D eigenvalue weighted by Gasteiger charge is 2.37. The molecule has 1 aromatic heterocycles. The predicted molar refractivity (Wildman–Crippen MR) is 150 cm³/mol. The molecular formula is C32H29F3N2O5. The number of carbonyl (C=O) groups is 2. The largest absolute Gasteiger partial charge is 0.494 e. The summed E-state index contributed by atoms with van der Waals surface area (Å²) in [6, 6.07) is 21.8. The minimum atomic E-state index is -4.95. The smallest absolute Gasteiger partial charge is 0.431 e. The number of nitrogens with zero attached hydrogens (tertiary/aromatic N) is 1. The second-order valence-electron chi connectivity index (χ2n) is 9.51. The maximum atomic E-state index is 13.7. The molecule has 0 bridgehead atoms. The van der Waals surface area contributed by atoms with Crippen LogP contribution in [0.1, 0.15) is 33.8 Å². The van der Waals surface area contributed by atoms with Gasteiger partial charge in [0.15, 0.2) is 5.78 Å². The van der Waals surface area contributed by atoms with E-state index in [0.29, 0.717) is 42.7 Å². The lowest BCUT2D eigenvalue weighted by atomic mass is 10.0. The standard InChI is InChI=1S/C32H29F3N2O5/c1-21-26(37-30(42-21)24-11-6-3-7-12-24)13-8-18-41-25-16-14-22(15-17-25)19-27(31(39)40)36-29(32(33,34)35)20-28(38)23-9-4-2-5-10-23/h2-7,9-12,14-17,20,27,36H,8,13,18-19H2,1H3,(H,39,40)/t27-/m0/s1. The quantitative estimate of drug-likeness (QED) is 0.105. The number of oxazole rings is 1. The molecule has 1 heterocycles. The summed E-state index contributed by atoms with van der Waals surface area (Å²) >= 11 is 0. The van der Waals surface area contributed by atoms with E-state index < -0.39 is 29.7 Å². The molecule has 218 valence electrons. The summed E-state index contributed by atoms with van der Waals surface area (Å²) in [7, 11) is 0. The number of aryl methyl sites for hydroxylation is 2. The first kappa shape index (κ1) is 30.1. The number of allylic oxidation sites excluding steroid dienone is 2. The van der Waals surface area contributed by atoms with Crippen LogP contribution in [0, 0.1) is 6.92 Å². The van der Waals surface area contributed by atoms with Gasteiger partial charge in [-0.05, 0) is 49.6 Å². The van der Waals surface area contributed by atoms with Gasteiger partial charge in [-0.15, -0.1) is 0 Å². The van der Waals surface area contributed by atoms with Gasteiger partial charge >= 0.3 is 12.1 Å². The van der Waals surface area contributed by atoms with E-state index in [4.69, 9.17) is 9.15 Å². The summed E-state index contributed by atoms with van der Waals surface area (Å²) in [5.74, 6) is -0.542. The van der Waals surface area contributed by atoms with Crippen LogP contribution in [-0.2, 0) is 17.6 Å². The van der Waals surface area contributed by atoms with Gasteiger partial charge in [0.25, 0.3) is 0 Å². The van der Waals surface area contributed by atoms with Gasteiger partial charge in [0.1, 0.15) is 23.2 Å². The van der Waals surface area contributed by atoms with Gasteiger partial charge < -0.3 is 19.6 Å². The van der Waals surface area contributed by atoms with E-state index in [1.165, 1.54) is 24.3 Å². The van der Waals surface area contributed by atoms with Crippen molar-refractivity contribution < 1.29 is 37.0 Å². The molecule has 1 atom stereocenters. The summed E-state index contributed by atoms with van der Waals surface area (Å²) < 4.78 is 52.6. The minimum absolute atomic E-state index is 0.0524. The van der Waals surface area contributed by atoms with Crippen LogP contribution in [-0.4, -0.2) is 40.7 Å². The Morgan fingerprint density at radius 2 is 1.64 bits per heavy atom. The maximum Gasteiger partial charge on any atom is 0.431 e. The average molecular weight is 579 g/mol. The normalized spacial score (nSPS) is 12.5. The first-order valence-corrected chi connectivity index (χ1v) is 13.2. The van der Waals surface area contributed by atoms with E-state index in [-0.39, 0.29) is 12.0 Å². The number of nitrogens with one attached hydrogen (secondary N) is 1. The number of carbonyl (C=O) groups excluding carboxylic acids is 1. The van der Waals surface area contributed by atoms with Crippen molar-refractivity contribution in [2.45, 2.75) is 38.4 Å². The van der Waals surface area contributed by atoms with Crippen molar-refractivity contribution in [3.05, 3.63) is 119 Å². The first-order valence-electron chi connectivity index (χ1n) is 13.2. The third-order valence-electron chi connectivity index (χ3n) is 6.37. The Kier molecular flexibility index (Phi) is 9.80. The predicted octanol–water partition coefficient (Wildman–Crippen LogP) is 6.58. The van der Waals surface area contributed by atoms with Crippen molar-refractivity contribution in [2.75, 3.05) is 6.61 Å². The first-order chi connectivity index (χ1) is 20.1.